The third-order valence-electron chi connectivity index (χ3n) is 2.99. The Bertz CT molecular complexity index is 384. The van der Waals surface area contributed by atoms with Crippen LogP contribution in [0.25, 0.3) is 0 Å². The fraction of sp³-hybridized carbons (Fsp3) is 0.583. The monoisotopic (exact) mass is 237 g/mol. The maximum Gasteiger partial charge on any atom is 0.238 e. The SMILES string of the molecule is CCC1CN(c2ccc(N)c(OC)n2)CCO1. The van der Waals surface area contributed by atoms with E-state index in [1.807, 2.05) is 12.1 Å². The molecule has 2 heterocycles. The zero-order valence-electron chi connectivity index (χ0n) is 10.3. The second kappa shape index (κ2) is 5.23. The Morgan fingerprint density at radius 3 is 3.12 bits per heavy atom. The van der Waals surface area contributed by atoms with E-state index in [-0.39, 0.29) is 6.10 Å². The lowest BCUT2D eigenvalue weighted by Gasteiger charge is -2.33. The maximum absolute atomic E-state index is 5.75. The molecule has 1 aromatic rings. The molecule has 1 saturated heterocycles. The van der Waals surface area contributed by atoms with Crippen molar-refractivity contribution in [2.45, 2.75) is 19.4 Å². The number of nitrogens with zero attached hydrogens (tertiary/aromatic N) is 2. The molecule has 1 aromatic heterocycles. The molecule has 0 aliphatic carbocycles. The van der Waals surface area contributed by atoms with E-state index >= 15 is 0 Å². The fourth-order valence-corrected chi connectivity index (χ4v) is 1.96. The Kier molecular flexibility index (Phi) is 3.68. The molecule has 0 amide bonds. The maximum atomic E-state index is 5.75. The number of hydrogen-bond donors (Lipinski definition) is 1. The van der Waals surface area contributed by atoms with Crippen LogP contribution in [-0.4, -0.2) is 37.9 Å². The molecule has 0 bridgehead atoms. The number of methoxy groups -OCH3 is 1. The standard InChI is InChI=1S/C12H19N3O2/c1-3-9-8-15(6-7-17-9)11-5-4-10(13)12(14-11)16-2/h4-5,9H,3,6-8,13H2,1-2H3. The minimum absolute atomic E-state index is 0.286. The average Bonchev–Trinajstić information content (AvgIpc) is 2.39. The molecule has 5 nitrogen and oxygen atoms in total. The lowest BCUT2D eigenvalue weighted by molar-refractivity contribution is 0.0381. The van der Waals surface area contributed by atoms with Crippen LogP contribution in [0.15, 0.2) is 12.1 Å². The summed E-state index contributed by atoms with van der Waals surface area (Å²) in [5, 5.41) is 0. The third kappa shape index (κ3) is 2.61. The molecule has 2 N–H and O–H groups in total. The summed E-state index contributed by atoms with van der Waals surface area (Å²) >= 11 is 0. The van der Waals surface area contributed by atoms with Gasteiger partial charge in [-0.2, -0.15) is 4.98 Å². The summed E-state index contributed by atoms with van der Waals surface area (Å²) in [6.45, 7) is 4.60. The number of rotatable bonds is 3. The molecule has 1 fully saturated rings. The van der Waals surface area contributed by atoms with E-state index in [2.05, 4.69) is 16.8 Å². The Morgan fingerprint density at radius 2 is 2.41 bits per heavy atom. The van der Waals surface area contributed by atoms with E-state index in [9.17, 15) is 0 Å². The van der Waals surface area contributed by atoms with Crippen molar-refractivity contribution in [3.05, 3.63) is 12.1 Å². The molecule has 94 valence electrons. The van der Waals surface area contributed by atoms with Crippen LogP contribution in [0.3, 0.4) is 0 Å². The first-order chi connectivity index (χ1) is 8.24. The van der Waals surface area contributed by atoms with Gasteiger partial charge in [-0.05, 0) is 18.6 Å². The molecule has 0 saturated carbocycles. The van der Waals surface area contributed by atoms with Crippen molar-refractivity contribution < 1.29 is 9.47 Å². The Labute approximate surface area is 102 Å². The highest BCUT2D eigenvalue weighted by atomic mass is 16.5. The molecule has 17 heavy (non-hydrogen) atoms. The predicted octanol–water partition coefficient (Wildman–Crippen LogP) is 1.29. The molecule has 0 radical (unpaired) electrons. The zero-order valence-corrected chi connectivity index (χ0v) is 10.3. The van der Waals surface area contributed by atoms with Crippen LogP contribution in [-0.2, 0) is 4.74 Å². The van der Waals surface area contributed by atoms with Crippen LogP contribution in [0.5, 0.6) is 5.88 Å². The van der Waals surface area contributed by atoms with E-state index in [0.717, 1.165) is 31.9 Å². The topological polar surface area (TPSA) is 60.6 Å². The summed E-state index contributed by atoms with van der Waals surface area (Å²) in [7, 11) is 1.58. The van der Waals surface area contributed by atoms with Gasteiger partial charge in [0.1, 0.15) is 5.82 Å². The fourth-order valence-electron chi connectivity index (χ4n) is 1.96. The lowest BCUT2D eigenvalue weighted by atomic mass is 10.2. The lowest BCUT2D eigenvalue weighted by Crippen LogP contribution is -2.42. The normalized spacial score (nSPS) is 20.4. The van der Waals surface area contributed by atoms with Crippen LogP contribution in [0.2, 0.25) is 0 Å². The van der Waals surface area contributed by atoms with Gasteiger partial charge in [0.2, 0.25) is 5.88 Å². The Hall–Kier alpha value is -1.49. The molecule has 0 aromatic carbocycles. The van der Waals surface area contributed by atoms with Crippen LogP contribution in [0, 0.1) is 0 Å². The second-order valence-corrected chi connectivity index (χ2v) is 4.12. The summed E-state index contributed by atoms with van der Waals surface area (Å²) in [5.74, 6) is 1.39. The van der Waals surface area contributed by atoms with E-state index in [1.54, 1.807) is 7.11 Å². The van der Waals surface area contributed by atoms with Crippen molar-refractivity contribution in [3.8, 4) is 5.88 Å². The van der Waals surface area contributed by atoms with Crippen molar-refractivity contribution in [2.75, 3.05) is 37.4 Å². The summed E-state index contributed by atoms with van der Waals surface area (Å²) in [4.78, 5) is 6.61. The number of anilines is 2. The highest BCUT2D eigenvalue weighted by Crippen LogP contribution is 2.24. The summed E-state index contributed by atoms with van der Waals surface area (Å²) in [5.41, 5.74) is 6.32. The molecular formula is C12H19N3O2. The minimum atomic E-state index is 0.286. The highest BCUT2D eigenvalue weighted by molar-refractivity contribution is 5.54. The van der Waals surface area contributed by atoms with Gasteiger partial charge in [-0.25, -0.2) is 0 Å². The molecule has 5 heteroatoms. The van der Waals surface area contributed by atoms with Gasteiger partial charge in [-0.3, -0.25) is 0 Å². The number of aromatic nitrogens is 1. The molecule has 1 aliphatic heterocycles. The predicted molar refractivity (Wildman–Crippen MR) is 67.4 cm³/mol. The number of nitrogens with two attached hydrogens (primary N) is 1. The zero-order chi connectivity index (χ0) is 12.3. The van der Waals surface area contributed by atoms with Gasteiger partial charge in [-0.1, -0.05) is 6.92 Å². The minimum Gasteiger partial charge on any atom is -0.479 e. The van der Waals surface area contributed by atoms with Crippen LogP contribution in [0.4, 0.5) is 11.5 Å². The summed E-state index contributed by atoms with van der Waals surface area (Å²) in [6, 6.07) is 3.76. The van der Waals surface area contributed by atoms with Crippen molar-refractivity contribution in [1.29, 1.82) is 0 Å². The van der Waals surface area contributed by atoms with Gasteiger partial charge >= 0.3 is 0 Å². The molecule has 1 atom stereocenters. The number of pyridine rings is 1. The third-order valence-corrected chi connectivity index (χ3v) is 2.99. The van der Waals surface area contributed by atoms with Crippen LogP contribution < -0.4 is 15.4 Å². The van der Waals surface area contributed by atoms with Gasteiger partial charge in [0.05, 0.1) is 25.5 Å². The molecule has 1 unspecified atom stereocenters. The molecule has 2 rings (SSSR count). The van der Waals surface area contributed by atoms with E-state index in [1.165, 1.54) is 0 Å². The Balaban J connectivity index is 2.16. The molecule has 0 spiro atoms. The average molecular weight is 237 g/mol. The first kappa shape index (κ1) is 12.0. The van der Waals surface area contributed by atoms with Gasteiger partial charge < -0.3 is 20.1 Å². The van der Waals surface area contributed by atoms with Crippen molar-refractivity contribution in [3.63, 3.8) is 0 Å². The number of hydrogen-bond acceptors (Lipinski definition) is 5. The number of ether oxygens (including phenoxy) is 2. The smallest absolute Gasteiger partial charge is 0.238 e. The van der Waals surface area contributed by atoms with Gasteiger partial charge in [0.15, 0.2) is 0 Å². The number of morpholine rings is 1. The largest absolute Gasteiger partial charge is 0.479 e. The van der Waals surface area contributed by atoms with Crippen molar-refractivity contribution >= 4 is 11.5 Å². The van der Waals surface area contributed by atoms with Crippen molar-refractivity contribution in [1.82, 2.24) is 4.98 Å². The van der Waals surface area contributed by atoms with Gasteiger partial charge in [0.25, 0.3) is 0 Å². The van der Waals surface area contributed by atoms with Crippen LogP contribution in [0.1, 0.15) is 13.3 Å². The Morgan fingerprint density at radius 1 is 1.59 bits per heavy atom. The summed E-state index contributed by atoms with van der Waals surface area (Å²) < 4.78 is 10.8. The quantitative estimate of drug-likeness (QED) is 0.858. The highest BCUT2D eigenvalue weighted by Gasteiger charge is 2.20. The van der Waals surface area contributed by atoms with E-state index in [4.69, 9.17) is 15.2 Å². The molecular weight excluding hydrogens is 218 g/mol. The second-order valence-electron chi connectivity index (χ2n) is 4.12. The van der Waals surface area contributed by atoms with Crippen LogP contribution >= 0.6 is 0 Å². The van der Waals surface area contributed by atoms with Gasteiger partial charge in [-0.15, -0.1) is 0 Å². The first-order valence-electron chi connectivity index (χ1n) is 5.91. The first-order valence-corrected chi connectivity index (χ1v) is 5.91. The van der Waals surface area contributed by atoms with Crippen molar-refractivity contribution in [2.24, 2.45) is 0 Å². The van der Waals surface area contributed by atoms with E-state index in [0.29, 0.717) is 11.6 Å². The summed E-state index contributed by atoms with van der Waals surface area (Å²) in [6.07, 6.45) is 1.30. The number of nitrogen functional groups attached to an aromatic ring is 1. The van der Waals surface area contributed by atoms with Gasteiger partial charge in [0, 0.05) is 13.1 Å². The molecule has 1 aliphatic rings. The van der Waals surface area contributed by atoms with E-state index < -0.39 is 0 Å².